The molecule has 1 saturated heterocycles. The van der Waals surface area contributed by atoms with Crippen molar-refractivity contribution in [1.29, 1.82) is 0 Å². The number of amides is 2. The van der Waals surface area contributed by atoms with Crippen molar-refractivity contribution >= 4 is 47.6 Å². The first-order chi connectivity index (χ1) is 15.5. The first kappa shape index (κ1) is 26.6. The Morgan fingerprint density at radius 3 is 2.67 bits per heavy atom. The lowest BCUT2D eigenvalue weighted by Gasteiger charge is -2.18. The molecule has 9 heteroatoms. The second-order valence-corrected chi connectivity index (χ2v) is 8.04. The molecule has 2 heterocycles. The minimum Gasteiger partial charge on any atom is -0.356 e. The monoisotopic (exact) mass is 564 g/mol. The predicted octanol–water partition coefficient (Wildman–Crippen LogP) is 2.59. The lowest BCUT2D eigenvalue weighted by molar-refractivity contribution is -0.127. The Bertz CT molecular complexity index is 920. The van der Waals surface area contributed by atoms with Crippen molar-refractivity contribution in [3.05, 3.63) is 59.8 Å². The standard InChI is InChI=1S/C24H32N6O2.HI/c1-18-8-9-21(27-15-18)29-22(31)10-12-26-24(25-2)28-16-20-14-23(32)30(17-20)13-11-19-6-4-3-5-7-19;/h3-9,15,20H,10-14,16-17H2,1-2H3,(H2,25,26,28)(H,27,29,31);1H. The number of hydrogen-bond acceptors (Lipinski definition) is 4. The third-order valence-electron chi connectivity index (χ3n) is 5.41. The van der Waals surface area contributed by atoms with Crippen LogP contribution in [0.2, 0.25) is 0 Å². The van der Waals surface area contributed by atoms with E-state index in [1.807, 2.05) is 36.1 Å². The number of guanidine groups is 1. The van der Waals surface area contributed by atoms with E-state index in [0.717, 1.165) is 25.1 Å². The minimum atomic E-state index is -0.111. The number of nitrogens with one attached hydrogen (secondary N) is 3. The summed E-state index contributed by atoms with van der Waals surface area (Å²) in [6, 6.07) is 13.9. The molecule has 3 N–H and O–H groups in total. The van der Waals surface area contributed by atoms with Gasteiger partial charge in [-0.25, -0.2) is 4.98 Å². The Kier molecular flexibility index (Phi) is 11.1. The fourth-order valence-electron chi connectivity index (χ4n) is 3.62. The van der Waals surface area contributed by atoms with E-state index in [-0.39, 0.29) is 41.7 Å². The van der Waals surface area contributed by atoms with Crippen LogP contribution in [-0.2, 0) is 16.0 Å². The quantitative estimate of drug-likeness (QED) is 0.247. The summed E-state index contributed by atoms with van der Waals surface area (Å²) in [5.74, 6) is 1.51. The number of carbonyl (C=O) groups is 2. The number of pyridine rings is 1. The van der Waals surface area contributed by atoms with Crippen molar-refractivity contribution in [2.75, 3.05) is 38.5 Å². The van der Waals surface area contributed by atoms with Gasteiger partial charge in [0, 0.05) is 58.2 Å². The highest BCUT2D eigenvalue weighted by Crippen LogP contribution is 2.17. The summed E-state index contributed by atoms with van der Waals surface area (Å²) in [6.45, 7) is 4.56. The number of anilines is 1. The number of aryl methyl sites for hydroxylation is 1. The van der Waals surface area contributed by atoms with Gasteiger partial charge in [0.05, 0.1) is 0 Å². The smallest absolute Gasteiger partial charge is 0.227 e. The zero-order valence-corrected chi connectivity index (χ0v) is 21.5. The van der Waals surface area contributed by atoms with Crippen LogP contribution in [0.5, 0.6) is 0 Å². The number of aromatic nitrogens is 1. The molecule has 8 nitrogen and oxygen atoms in total. The third-order valence-corrected chi connectivity index (χ3v) is 5.41. The largest absolute Gasteiger partial charge is 0.356 e. The maximum Gasteiger partial charge on any atom is 0.227 e. The molecule has 2 aromatic rings. The average molecular weight is 564 g/mol. The number of aliphatic imine (C=N–C) groups is 1. The van der Waals surface area contributed by atoms with Crippen LogP contribution in [0.1, 0.15) is 24.0 Å². The van der Waals surface area contributed by atoms with E-state index in [0.29, 0.717) is 37.7 Å². The van der Waals surface area contributed by atoms with Crippen LogP contribution in [-0.4, -0.2) is 60.9 Å². The first-order valence-electron chi connectivity index (χ1n) is 11.0. The molecule has 1 aliphatic heterocycles. The molecule has 2 amide bonds. The van der Waals surface area contributed by atoms with E-state index in [9.17, 15) is 9.59 Å². The van der Waals surface area contributed by atoms with Crippen LogP contribution in [0, 0.1) is 12.8 Å². The molecule has 0 aliphatic carbocycles. The van der Waals surface area contributed by atoms with Crippen LogP contribution in [0.15, 0.2) is 53.7 Å². The van der Waals surface area contributed by atoms with Crippen LogP contribution >= 0.6 is 24.0 Å². The van der Waals surface area contributed by atoms with Crippen LogP contribution in [0.4, 0.5) is 5.82 Å². The van der Waals surface area contributed by atoms with Gasteiger partial charge in [0.15, 0.2) is 5.96 Å². The van der Waals surface area contributed by atoms with Gasteiger partial charge in [-0.1, -0.05) is 36.4 Å². The number of likely N-dealkylation sites (tertiary alicyclic amines) is 1. The van der Waals surface area contributed by atoms with Gasteiger partial charge in [-0.3, -0.25) is 14.6 Å². The topological polar surface area (TPSA) is 98.7 Å². The molecule has 1 aliphatic rings. The Balaban J connectivity index is 0.00000385. The highest BCUT2D eigenvalue weighted by atomic mass is 127. The van der Waals surface area contributed by atoms with E-state index in [1.54, 1.807) is 19.3 Å². The molecule has 0 radical (unpaired) electrons. The SMILES string of the molecule is CN=C(NCCC(=O)Nc1ccc(C)cn1)NCC1CC(=O)N(CCc2ccccc2)C1.I. The number of benzene rings is 1. The van der Waals surface area contributed by atoms with E-state index >= 15 is 0 Å². The number of hydrogen-bond donors (Lipinski definition) is 3. The number of halogens is 1. The van der Waals surface area contributed by atoms with Gasteiger partial charge in [-0.15, -0.1) is 24.0 Å². The van der Waals surface area contributed by atoms with Gasteiger partial charge in [-0.05, 0) is 30.5 Å². The Morgan fingerprint density at radius 2 is 1.97 bits per heavy atom. The van der Waals surface area contributed by atoms with Crippen LogP contribution < -0.4 is 16.0 Å². The van der Waals surface area contributed by atoms with Crippen molar-refractivity contribution in [2.45, 2.75) is 26.2 Å². The lowest BCUT2D eigenvalue weighted by atomic mass is 10.1. The molecule has 178 valence electrons. The zero-order valence-electron chi connectivity index (χ0n) is 19.2. The van der Waals surface area contributed by atoms with Gasteiger partial charge in [0.2, 0.25) is 11.8 Å². The van der Waals surface area contributed by atoms with Crippen molar-refractivity contribution in [2.24, 2.45) is 10.9 Å². The lowest BCUT2D eigenvalue weighted by Crippen LogP contribution is -2.41. The van der Waals surface area contributed by atoms with E-state index in [1.165, 1.54) is 5.56 Å². The van der Waals surface area contributed by atoms with Crippen molar-refractivity contribution in [3.63, 3.8) is 0 Å². The molecular weight excluding hydrogens is 531 g/mol. The van der Waals surface area contributed by atoms with Gasteiger partial charge >= 0.3 is 0 Å². The minimum absolute atomic E-state index is 0. The van der Waals surface area contributed by atoms with E-state index in [4.69, 9.17) is 0 Å². The van der Waals surface area contributed by atoms with Crippen LogP contribution in [0.3, 0.4) is 0 Å². The fraction of sp³-hybridized carbons (Fsp3) is 0.417. The molecule has 0 bridgehead atoms. The highest BCUT2D eigenvalue weighted by Gasteiger charge is 2.29. The molecule has 0 saturated carbocycles. The molecule has 0 spiro atoms. The molecule has 1 aromatic carbocycles. The van der Waals surface area contributed by atoms with Crippen molar-refractivity contribution in [3.8, 4) is 0 Å². The second-order valence-electron chi connectivity index (χ2n) is 8.04. The van der Waals surface area contributed by atoms with Crippen molar-refractivity contribution < 1.29 is 9.59 Å². The molecule has 1 aromatic heterocycles. The first-order valence-corrected chi connectivity index (χ1v) is 11.0. The summed E-state index contributed by atoms with van der Waals surface area (Å²) in [5, 5.41) is 9.20. The Morgan fingerprint density at radius 1 is 1.18 bits per heavy atom. The molecular formula is C24H33IN6O2. The van der Waals surface area contributed by atoms with Crippen LogP contribution in [0.25, 0.3) is 0 Å². The number of rotatable bonds is 9. The van der Waals surface area contributed by atoms with Gasteiger partial charge in [0.25, 0.3) is 0 Å². The maximum atomic E-state index is 12.3. The average Bonchev–Trinajstić information content (AvgIpc) is 3.16. The zero-order chi connectivity index (χ0) is 22.8. The fourth-order valence-corrected chi connectivity index (χ4v) is 3.62. The highest BCUT2D eigenvalue weighted by molar-refractivity contribution is 14.0. The summed E-state index contributed by atoms with van der Waals surface area (Å²) in [7, 11) is 1.69. The van der Waals surface area contributed by atoms with Gasteiger partial charge in [-0.2, -0.15) is 0 Å². The summed E-state index contributed by atoms with van der Waals surface area (Å²) in [6.07, 6.45) is 3.43. The van der Waals surface area contributed by atoms with Gasteiger partial charge in [0.1, 0.15) is 5.82 Å². The number of carbonyl (C=O) groups excluding carboxylic acids is 2. The normalized spacial score (nSPS) is 15.7. The molecule has 1 atom stereocenters. The number of nitrogens with zero attached hydrogens (tertiary/aromatic N) is 3. The summed E-state index contributed by atoms with van der Waals surface area (Å²) >= 11 is 0. The van der Waals surface area contributed by atoms with Crippen molar-refractivity contribution in [1.82, 2.24) is 20.5 Å². The summed E-state index contributed by atoms with van der Waals surface area (Å²) < 4.78 is 0. The van der Waals surface area contributed by atoms with E-state index in [2.05, 4.69) is 38.1 Å². The third kappa shape index (κ3) is 8.99. The maximum absolute atomic E-state index is 12.3. The Labute approximate surface area is 212 Å². The molecule has 3 rings (SSSR count). The summed E-state index contributed by atoms with van der Waals surface area (Å²) in [5.41, 5.74) is 2.29. The predicted molar refractivity (Wildman–Crippen MR) is 142 cm³/mol. The summed E-state index contributed by atoms with van der Waals surface area (Å²) in [4.78, 5) is 34.7. The van der Waals surface area contributed by atoms with Gasteiger partial charge < -0.3 is 20.9 Å². The molecule has 1 fully saturated rings. The second kappa shape index (κ2) is 13.8. The Hall–Kier alpha value is -2.69. The molecule has 1 unspecified atom stereocenters. The molecule has 33 heavy (non-hydrogen) atoms. The van der Waals surface area contributed by atoms with E-state index < -0.39 is 0 Å².